The minimum Gasteiger partial charge on any atom is -0.354 e. The van der Waals surface area contributed by atoms with Crippen LogP contribution in [0.1, 0.15) is 26.3 Å². The van der Waals surface area contributed by atoms with E-state index in [1.165, 1.54) is 17.0 Å². The van der Waals surface area contributed by atoms with E-state index in [0.29, 0.717) is 16.7 Å². The summed E-state index contributed by atoms with van der Waals surface area (Å²) in [6, 6.07) is 21.4. The summed E-state index contributed by atoms with van der Waals surface area (Å²) in [6.45, 7) is 5.74. The molecule has 0 saturated carbocycles. The van der Waals surface area contributed by atoms with E-state index in [-0.39, 0.29) is 23.3 Å². The zero-order chi connectivity index (χ0) is 27.9. The summed E-state index contributed by atoms with van der Waals surface area (Å²) in [5.41, 5.74) is 1.13. The summed E-state index contributed by atoms with van der Waals surface area (Å²) in [6.07, 6.45) is 0. The number of hydrogen-bond donors (Lipinski definition) is 1. The SMILES string of the molecule is CC(C)CNC(=O)C(C)N(Cc1cccc(Br)c1)C(=O)CN(c1cccc(Br)c1)S(=O)(=O)c1ccccc1. The van der Waals surface area contributed by atoms with Crippen LogP contribution in [0.15, 0.2) is 92.7 Å². The van der Waals surface area contributed by atoms with Crippen LogP contribution in [0.25, 0.3) is 0 Å². The van der Waals surface area contributed by atoms with Crippen LogP contribution in [-0.4, -0.2) is 44.3 Å². The van der Waals surface area contributed by atoms with Gasteiger partial charge in [0.1, 0.15) is 12.6 Å². The third kappa shape index (κ3) is 7.91. The summed E-state index contributed by atoms with van der Waals surface area (Å²) >= 11 is 6.85. The number of carbonyl (C=O) groups is 2. The molecule has 0 fully saturated rings. The van der Waals surface area contributed by atoms with Crippen molar-refractivity contribution < 1.29 is 18.0 Å². The van der Waals surface area contributed by atoms with Gasteiger partial charge in [0.05, 0.1) is 10.6 Å². The van der Waals surface area contributed by atoms with Gasteiger partial charge in [-0.3, -0.25) is 13.9 Å². The largest absolute Gasteiger partial charge is 0.354 e. The van der Waals surface area contributed by atoms with Crippen LogP contribution in [0.4, 0.5) is 5.69 Å². The molecule has 0 radical (unpaired) electrons. The Balaban J connectivity index is 2.00. The molecule has 3 aromatic rings. The van der Waals surface area contributed by atoms with Crippen molar-refractivity contribution in [1.29, 1.82) is 0 Å². The lowest BCUT2D eigenvalue weighted by molar-refractivity contribution is -0.139. The van der Waals surface area contributed by atoms with E-state index >= 15 is 0 Å². The molecule has 3 aromatic carbocycles. The average molecular weight is 665 g/mol. The van der Waals surface area contributed by atoms with E-state index in [1.807, 2.05) is 38.1 Å². The highest BCUT2D eigenvalue weighted by atomic mass is 79.9. The Bertz CT molecular complexity index is 1370. The summed E-state index contributed by atoms with van der Waals surface area (Å²) < 4.78 is 30.1. The molecule has 0 aromatic heterocycles. The predicted octanol–water partition coefficient (Wildman–Crippen LogP) is 5.60. The van der Waals surface area contributed by atoms with E-state index in [1.54, 1.807) is 49.4 Å². The van der Waals surface area contributed by atoms with E-state index < -0.39 is 28.5 Å². The number of carbonyl (C=O) groups excluding carboxylic acids is 2. The van der Waals surface area contributed by atoms with Gasteiger partial charge in [0.2, 0.25) is 11.8 Å². The van der Waals surface area contributed by atoms with E-state index in [9.17, 15) is 18.0 Å². The molecular formula is C28H31Br2N3O4S. The topological polar surface area (TPSA) is 86.8 Å². The Kier molecular flexibility index (Phi) is 10.5. The molecule has 0 spiro atoms. The second-order valence-electron chi connectivity index (χ2n) is 9.27. The van der Waals surface area contributed by atoms with Crippen LogP contribution in [0.3, 0.4) is 0 Å². The number of nitrogens with one attached hydrogen (secondary N) is 1. The quantitative estimate of drug-likeness (QED) is 0.289. The monoisotopic (exact) mass is 663 g/mol. The second kappa shape index (κ2) is 13.4. The molecule has 1 N–H and O–H groups in total. The van der Waals surface area contributed by atoms with Gasteiger partial charge in [0, 0.05) is 22.0 Å². The second-order valence-corrected chi connectivity index (χ2v) is 13.0. The summed E-state index contributed by atoms with van der Waals surface area (Å²) in [5, 5.41) is 2.88. The van der Waals surface area contributed by atoms with Crippen LogP contribution in [0.2, 0.25) is 0 Å². The molecule has 1 unspecified atom stereocenters. The fraction of sp³-hybridized carbons (Fsp3) is 0.286. The maximum absolute atomic E-state index is 13.9. The van der Waals surface area contributed by atoms with Crippen LogP contribution in [0.5, 0.6) is 0 Å². The average Bonchev–Trinajstić information content (AvgIpc) is 2.88. The maximum atomic E-state index is 13.9. The number of halogens is 2. The van der Waals surface area contributed by atoms with Gasteiger partial charge in [0.15, 0.2) is 0 Å². The van der Waals surface area contributed by atoms with Gasteiger partial charge in [-0.05, 0) is 60.9 Å². The van der Waals surface area contributed by atoms with Crippen molar-refractivity contribution in [2.75, 3.05) is 17.4 Å². The normalized spacial score (nSPS) is 12.2. The van der Waals surface area contributed by atoms with Crippen molar-refractivity contribution in [2.45, 2.75) is 38.3 Å². The number of amides is 2. The smallest absolute Gasteiger partial charge is 0.264 e. The van der Waals surface area contributed by atoms with Crippen LogP contribution < -0.4 is 9.62 Å². The molecule has 38 heavy (non-hydrogen) atoms. The Hall–Kier alpha value is -2.69. The molecule has 2 amide bonds. The molecule has 0 heterocycles. The number of sulfonamides is 1. The minimum atomic E-state index is -4.09. The lowest BCUT2D eigenvalue weighted by atomic mass is 10.1. The minimum absolute atomic E-state index is 0.0639. The third-order valence-electron chi connectivity index (χ3n) is 5.80. The molecule has 0 aliphatic carbocycles. The number of benzene rings is 3. The Morgan fingerprint density at radius 3 is 2.11 bits per heavy atom. The van der Waals surface area contributed by atoms with Crippen molar-refractivity contribution in [3.63, 3.8) is 0 Å². The summed E-state index contributed by atoms with van der Waals surface area (Å²) in [4.78, 5) is 28.4. The highest BCUT2D eigenvalue weighted by molar-refractivity contribution is 9.10. The van der Waals surface area contributed by atoms with Gasteiger partial charge in [-0.15, -0.1) is 0 Å². The molecule has 0 aliphatic heterocycles. The molecule has 3 rings (SSSR count). The van der Waals surface area contributed by atoms with Gasteiger partial charge in [-0.25, -0.2) is 8.42 Å². The first-order valence-electron chi connectivity index (χ1n) is 12.1. The Morgan fingerprint density at radius 2 is 1.50 bits per heavy atom. The van der Waals surface area contributed by atoms with Gasteiger partial charge in [-0.1, -0.05) is 82.1 Å². The molecule has 0 bridgehead atoms. The summed E-state index contributed by atoms with van der Waals surface area (Å²) in [7, 11) is -4.09. The maximum Gasteiger partial charge on any atom is 0.264 e. The summed E-state index contributed by atoms with van der Waals surface area (Å²) in [5.74, 6) is -0.568. The number of nitrogens with zero attached hydrogens (tertiary/aromatic N) is 2. The molecule has 202 valence electrons. The molecule has 10 heteroatoms. The number of anilines is 1. The Morgan fingerprint density at radius 1 is 0.868 bits per heavy atom. The zero-order valence-corrected chi connectivity index (χ0v) is 25.5. The zero-order valence-electron chi connectivity index (χ0n) is 21.5. The first-order valence-corrected chi connectivity index (χ1v) is 15.2. The lowest BCUT2D eigenvalue weighted by Gasteiger charge is -2.32. The van der Waals surface area contributed by atoms with E-state index in [4.69, 9.17) is 0 Å². The third-order valence-corrected chi connectivity index (χ3v) is 8.57. The Labute approximate surface area is 241 Å². The highest BCUT2D eigenvalue weighted by Gasteiger charge is 2.32. The van der Waals surface area contributed by atoms with E-state index in [0.717, 1.165) is 14.3 Å². The molecular weight excluding hydrogens is 634 g/mol. The number of rotatable bonds is 11. The first kappa shape index (κ1) is 29.9. The highest BCUT2D eigenvalue weighted by Crippen LogP contribution is 2.27. The molecule has 7 nitrogen and oxygen atoms in total. The van der Waals surface area contributed by atoms with Gasteiger partial charge >= 0.3 is 0 Å². The van der Waals surface area contributed by atoms with E-state index in [2.05, 4.69) is 37.2 Å². The van der Waals surface area contributed by atoms with Crippen molar-refractivity contribution in [3.05, 3.63) is 93.4 Å². The van der Waals surface area contributed by atoms with Crippen molar-refractivity contribution in [2.24, 2.45) is 5.92 Å². The molecule has 0 aliphatic rings. The fourth-order valence-electron chi connectivity index (χ4n) is 3.75. The van der Waals surface area contributed by atoms with Crippen molar-refractivity contribution >= 4 is 59.4 Å². The first-order chi connectivity index (χ1) is 18.0. The van der Waals surface area contributed by atoms with Crippen LogP contribution >= 0.6 is 31.9 Å². The van der Waals surface area contributed by atoms with Gasteiger partial charge < -0.3 is 10.2 Å². The standard InChI is InChI=1S/C28H31Br2N3O4S/c1-20(2)17-31-28(35)21(3)32(18-22-9-7-10-23(29)15-22)27(34)19-33(25-12-8-11-24(30)16-25)38(36,37)26-13-5-4-6-14-26/h4-16,20-21H,17-19H2,1-3H3,(H,31,35). The molecule has 1 atom stereocenters. The predicted molar refractivity (Wildman–Crippen MR) is 157 cm³/mol. The van der Waals surface area contributed by atoms with Gasteiger partial charge in [0.25, 0.3) is 10.0 Å². The lowest BCUT2D eigenvalue weighted by Crippen LogP contribution is -2.51. The van der Waals surface area contributed by atoms with Crippen LogP contribution in [-0.2, 0) is 26.2 Å². The van der Waals surface area contributed by atoms with Crippen molar-refractivity contribution in [3.8, 4) is 0 Å². The van der Waals surface area contributed by atoms with Crippen LogP contribution in [0, 0.1) is 5.92 Å². The molecule has 0 saturated heterocycles. The fourth-order valence-corrected chi connectivity index (χ4v) is 6.01. The van der Waals surface area contributed by atoms with Gasteiger partial charge in [-0.2, -0.15) is 0 Å². The van der Waals surface area contributed by atoms with Crippen molar-refractivity contribution in [1.82, 2.24) is 10.2 Å². The number of hydrogen-bond acceptors (Lipinski definition) is 4.